The van der Waals surface area contributed by atoms with Gasteiger partial charge in [-0.05, 0) is 19.6 Å². The van der Waals surface area contributed by atoms with Crippen LogP contribution in [-0.4, -0.2) is 29.0 Å². The maximum absolute atomic E-state index is 10.5. The number of rotatable bonds is 5. The van der Waals surface area contributed by atoms with E-state index in [4.69, 9.17) is 16.0 Å². The molecule has 0 radical (unpaired) electrons. The van der Waals surface area contributed by atoms with E-state index in [-0.39, 0.29) is 18.4 Å². The molecule has 0 heterocycles. The number of nitrogens with two attached hydrogens (primary N) is 1. The lowest BCUT2D eigenvalue weighted by atomic mass is 10.9. The summed E-state index contributed by atoms with van der Waals surface area (Å²) < 4.78 is 19.2. The number of phosphoric ester groups is 1. The van der Waals surface area contributed by atoms with Gasteiger partial charge in [0, 0.05) is 0 Å². The first-order chi connectivity index (χ1) is 6.89. The van der Waals surface area contributed by atoms with Crippen LogP contribution in [0, 0.1) is 5.41 Å². The van der Waals surface area contributed by atoms with E-state index in [9.17, 15) is 4.57 Å². The largest absolute Gasteiger partial charge is 0.472 e. The Morgan fingerprint density at radius 2 is 1.80 bits per heavy atom. The smallest absolute Gasteiger partial charge is 0.379 e. The van der Waals surface area contributed by atoms with Crippen LogP contribution >= 0.6 is 19.6 Å². The minimum absolute atomic E-state index is 0.188. The standard InChI is InChI=1S/C4H11O4P.C3H8N2S/c1-3-7-9(5,6)8-4-2;1-2-6-3(4)5/h3-4H2,1-2H3,(H,5,6);2H2,1H3,(H3,4,5). The zero-order chi connectivity index (χ0) is 12.3. The molecule has 0 aromatic carbocycles. The normalized spacial score (nSPS) is 10.4. The molecule has 0 aliphatic carbocycles. The summed E-state index contributed by atoms with van der Waals surface area (Å²) in [6.07, 6.45) is 0. The molecule has 0 spiro atoms. The predicted molar refractivity (Wildman–Crippen MR) is 63.1 cm³/mol. The Hall–Kier alpha value is -0.0700. The van der Waals surface area contributed by atoms with Gasteiger partial charge >= 0.3 is 7.82 Å². The van der Waals surface area contributed by atoms with E-state index in [2.05, 4.69) is 9.05 Å². The van der Waals surface area contributed by atoms with Gasteiger partial charge in [-0.25, -0.2) is 4.57 Å². The molecular formula is C7H19N2O4PS. The summed E-state index contributed by atoms with van der Waals surface area (Å²) in [6.45, 7) is 5.59. The van der Waals surface area contributed by atoms with E-state index in [0.29, 0.717) is 0 Å². The third kappa shape index (κ3) is 16.6. The van der Waals surface area contributed by atoms with E-state index >= 15 is 0 Å². The van der Waals surface area contributed by atoms with Gasteiger partial charge < -0.3 is 10.6 Å². The van der Waals surface area contributed by atoms with E-state index in [1.165, 1.54) is 11.8 Å². The van der Waals surface area contributed by atoms with Gasteiger partial charge in [-0.1, -0.05) is 18.7 Å². The zero-order valence-electron chi connectivity index (χ0n) is 9.23. The van der Waals surface area contributed by atoms with Gasteiger partial charge in [0.25, 0.3) is 0 Å². The average Bonchev–Trinajstić information content (AvgIpc) is 2.03. The Kier molecular flexibility index (Phi) is 12.1. The van der Waals surface area contributed by atoms with Crippen LogP contribution in [0.15, 0.2) is 0 Å². The zero-order valence-corrected chi connectivity index (χ0v) is 10.9. The van der Waals surface area contributed by atoms with Crippen molar-refractivity contribution in [1.29, 1.82) is 5.41 Å². The number of hydrogen-bond donors (Lipinski definition) is 3. The number of amidine groups is 1. The van der Waals surface area contributed by atoms with Gasteiger partial charge in [0.15, 0.2) is 5.17 Å². The molecule has 6 nitrogen and oxygen atoms in total. The Morgan fingerprint density at radius 1 is 1.40 bits per heavy atom. The molecule has 0 aromatic rings. The Balaban J connectivity index is 0. The Morgan fingerprint density at radius 3 is 1.93 bits per heavy atom. The number of hydrogen-bond acceptors (Lipinski definition) is 5. The summed E-state index contributed by atoms with van der Waals surface area (Å²) >= 11 is 1.35. The van der Waals surface area contributed by atoms with Crippen LogP contribution in [0.25, 0.3) is 0 Å². The van der Waals surface area contributed by atoms with Gasteiger partial charge in [-0.15, -0.1) is 0 Å². The monoisotopic (exact) mass is 258 g/mol. The molecule has 0 bridgehead atoms. The van der Waals surface area contributed by atoms with Crippen LogP contribution in [0.2, 0.25) is 0 Å². The second-order valence-corrected chi connectivity index (χ2v) is 4.86. The van der Waals surface area contributed by atoms with Crippen LogP contribution in [0.3, 0.4) is 0 Å². The molecule has 0 aliphatic rings. The maximum atomic E-state index is 10.5. The topological polar surface area (TPSA) is 106 Å². The van der Waals surface area contributed by atoms with Crippen molar-refractivity contribution in [3.05, 3.63) is 0 Å². The fourth-order valence-corrected chi connectivity index (χ4v) is 1.56. The first kappa shape index (κ1) is 17.3. The van der Waals surface area contributed by atoms with E-state index < -0.39 is 7.82 Å². The highest BCUT2D eigenvalue weighted by atomic mass is 32.2. The minimum Gasteiger partial charge on any atom is -0.379 e. The summed E-state index contributed by atoms with van der Waals surface area (Å²) in [5, 5.41) is 6.84. The molecule has 0 atom stereocenters. The molecule has 15 heavy (non-hydrogen) atoms. The Labute approximate surface area is 94.7 Å². The lowest BCUT2D eigenvalue weighted by Gasteiger charge is -2.07. The predicted octanol–water partition coefficient (Wildman–Crippen LogP) is 1.79. The van der Waals surface area contributed by atoms with Gasteiger partial charge in [0.2, 0.25) is 0 Å². The summed E-state index contributed by atoms with van der Waals surface area (Å²) in [6, 6.07) is 0. The SMILES string of the molecule is CCOP(=O)(O)OCC.CCSC(=N)N. The fraction of sp³-hybridized carbons (Fsp3) is 0.857. The molecule has 8 heteroatoms. The molecule has 92 valence electrons. The highest BCUT2D eigenvalue weighted by Gasteiger charge is 2.17. The molecule has 0 aliphatic heterocycles. The van der Waals surface area contributed by atoms with Crippen LogP contribution in [0.1, 0.15) is 20.8 Å². The fourth-order valence-electron chi connectivity index (χ4n) is 0.519. The molecular weight excluding hydrogens is 239 g/mol. The summed E-state index contributed by atoms with van der Waals surface area (Å²) in [4.78, 5) is 8.63. The number of nitrogens with one attached hydrogen (secondary N) is 1. The van der Waals surface area contributed by atoms with Crippen molar-refractivity contribution in [2.75, 3.05) is 19.0 Å². The maximum Gasteiger partial charge on any atom is 0.472 e. The van der Waals surface area contributed by atoms with E-state index in [0.717, 1.165) is 5.75 Å². The van der Waals surface area contributed by atoms with Crippen LogP contribution < -0.4 is 5.73 Å². The quantitative estimate of drug-likeness (QED) is 0.394. The lowest BCUT2D eigenvalue weighted by Crippen LogP contribution is -2.02. The van der Waals surface area contributed by atoms with Crippen molar-refractivity contribution < 1.29 is 18.5 Å². The molecule has 0 rings (SSSR count). The highest BCUT2D eigenvalue weighted by molar-refractivity contribution is 8.13. The highest BCUT2D eigenvalue weighted by Crippen LogP contribution is 2.42. The molecule has 0 saturated heterocycles. The molecule has 0 saturated carbocycles. The van der Waals surface area contributed by atoms with Crippen molar-refractivity contribution in [2.24, 2.45) is 5.73 Å². The van der Waals surface area contributed by atoms with E-state index in [1.54, 1.807) is 13.8 Å². The van der Waals surface area contributed by atoms with Crippen LogP contribution in [0.4, 0.5) is 0 Å². The van der Waals surface area contributed by atoms with Gasteiger partial charge in [0.05, 0.1) is 13.2 Å². The first-order valence-electron chi connectivity index (χ1n) is 4.48. The summed E-state index contributed by atoms with van der Waals surface area (Å²) in [5.41, 5.74) is 4.95. The van der Waals surface area contributed by atoms with Crippen LogP contribution in [-0.2, 0) is 13.6 Å². The lowest BCUT2D eigenvalue weighted by molar-refractivity contribution is 0.161. The third-order valence-corrected chi connectivity index (χ3v) is 2.65. The molecule has 0 unspecified atom stereocenters. The molecule has 0 amide bonds. The molecule has 0 aromatic heterocycles. The summed E-state index contributed by atoms with van der Waals surface area (Å²) in [5.74, 6) is 0.898. The summed E-state index contributed by atoms with van der Waals surface area (Å²) in [7, 11) is -3.69. The molecule has 4 N–H and O–H groups in total. The van der Waals surface area contributed by atoms with Crippen molar-refractivity contribution in [2.45, 2.75) is 20.8 Å². The van der Waals surface area contributed by atoms with Crippen molar-refractivity contribution >= 4 is 24.8 Å². The van der Waals surface area contributed by atoms with Crippen molar-refractivity contribution in [3.63, 3.8) is 0 Å². The number of thioether (sulfide) groups is 1. The van der Waals surface area contributed by atoms with Crippen LogP contribution in [0.5, 0.6) is 0 Å². The minimum atomic E-state index is -3.69. The number of phosphoric acid groups is 1. The second kappa shape index (κ2) is 10.4. The molecule has 0 fully saturated rings. The first-order valence-corrected chi connectivity index (χ1v) is 6.96. The van der Waals surface area contributed by atoms with E-state index in [1.807, 2.05) is 6.92 Å². The van der Waals surface area contributed by atoms with Crippen molar-refractivity contribution in [1.82, 2.24) is 0 Å². The van der Waals surface area contributed by atoms with Gasteiger partial charge in [-0.3, -0.25) is 14.5 Å². The van der Waals surface area contributed by atoms with Gasteiger partial charge in [-0.2, -0.15) is 0 Å². The average molecular weight is 258 g/mol. The third-order valence-electron chi connectivity index (χ3n) is 0.884. The second-order valence-electron chi connectivity index (χ2n) is 2.10. The van der Waals surface area contributed by atoms with Crippen molar-refractivity contribution in [3.8, 4) is 0 Å². The van der Waals surface area contributed by atoms with Gasteiger partial charge in [0.1, 0.15) is 0 Å². The Bertz CT molecular complexity index is 205.